The number of nitrogens with one attached hydrogen (secondary N) is 1. The highest BCUT2D eigenvalue weighted by atomic mass is 16.5. The molecule has 2 aromatic rings. The lowest BCUT2D eigenvalue weighted by Gasteiger charge is -2.34. The number of hydrogen-bond acceptors (Lipinski definition) is 9. The first-order valence-electron chi connectivity index (χ1n) is 13.2. The summed E-state index contributed by atoms with van der Waals surface area (Å²) in [6.07, 6.45) is 3.84. The van der Waals surface area contributed by atoms with Gasteiger partial charge >= 0.3 is 6.01 Å². The molecule has 9 heteroatoms. The van der Waals surface area contributed by atoms with Crippen LogP contribution in [0.25, 0.3) is 0 Å². The molecule has 1 aromatic carbocycles. The summed E-state index contributed by atoms with van der Waals surface area (Å²) >= 11 is 0. The number of hydrogen-bond donors (Lipinski definition) is 1. The summed E-state index contributed by atoms with van der Waals surface area (Å²) in [6, 6.07) is 9.75. The Kier molecular flexibility index (Phi) is 6.65. The lowest BCUT2D eigenvalue weighted by atomic mass is 10.0. The van der Waals surface area contributed by atoms with Crippen LogP contribution < -0.4 is 19.7 Å². The van der Waals surface area contributed by atoms with Crippen LogP contribution in [0, 0.1) is 11.3 Å². The molecule has 1 N–H and O–H groups in total. The van der Waals surface area contributed by atoms with E-state index in [1.165, 1.54) is 23.1 Å². The number of likely N-dealkylation sites (tertiary alicyclic amines) is 1. The normalized spacial score (nSPS) is 23.8. The van der Waals surface area contributed by atoms with Gasteiger partial charge in [-0.25, -0.2) is 0 Å². The Morgan fingerprint density at radius 2 is 2.17 bits per heavy atom. The van der Waals surface area contributed by atoms with E-state index in [1.54, 1.807) is 0 Å². The van der Waals surface area contributed by atoms with Gasteiger partial charge in [0.2, 0.25) is 0 Å². The Labute approximate surface area is 213 Å². The van der Waals surface area contributed by atoms with Gasteiger partial charge in [-0.15, -0.1) is 0 Å². The average molecular weight is 490 g/mol. The van der Waals surface area contributed by atoms with Gasteiger partial charge in [0.05, 0.1) is 24.8 Å². The van der Waals surface area contributed by atoms with Crippen molar-refractivity contribution in [2.45, 2.75) is 57.4 Å². The van der Waals surface area contributed by atoms with E-state index in [-0.39, 0.29) is 6.04 Å². The molecule has 0 unspecified atom stereocenters. The number of nitriles is 1. The lowest BCUT2D eigenvalue weighted by molar-refractivity contribution is 0.187. The van der Waals surface area contributed by atoms with Crippen molar-refractivity contribution in [3.63, 3.8) is 0 Å². The predicted molar refractivity (Wildman–Crippen MR) is 136 cm³/mol. The Balaban J connectivity index is 1.25. The predicted octanol–water partition coefficient (Wildman–Crippen LogP) is 2.09. The molecule has 2 fully saturated rings. The molecular weight excluding hydrogens is 454 g/mol. The number of ether oxygens (including phenoxy) is 2. The molecule has 4 aliphatic rings. The fraction of sp³-hybridized carbons (Fsp3) is 0.593. The highest BCUT2D eigenvalue weighted by molar-refractivity contribution is 5.52. The number of likely N-dealkylation sites (N-methyl/N-ethyl adjacent to an activating group) is 1. The van der Waals surface area contributed by atoms with E-state index in [0.29, 0.717) is 25.1 Å². The first kappa shape index (κ1) is 23.5. The van der Waals surface area contributed by atoms with Gasteiger partial charge in [0, 0.05) is 68.9 Å². The van der Waals surface area contributed by atoms with Crippen molar-refractivity contribution in [3.8, 4) is 17.8 Å². The molecule has 0 saturated carbocycles. The third-order valence-corrected chi connectivity index (χ3v) is 8.01. The smallest absolute Gasteiger partial charge is 0.318 e. The number of anilines is 1. The number of fused-ring (bicyclic) bond motifs is 2. The van der Waals surface area contributed by atoms with Crippen LogP contribution in [0.2, 0.25) is 0 Å². The maximum absolute atomic E-state index is 9.24. The molecule has 0 spiro atoms. The third kappa shape index (κ3) is 4.73. The summed E-state index contributed by atoms with van der Waals surface area (Å²) in [5.41, 5.74) is 4.94. The van der Waals surface area contributed by atoms with Crippen LogP contribution in [0.5, 0.6) is 11.8 Å². The molecule has 6 rings (SSSR count). The summed E-state index contributed by atoms with van der Waals surface area (Å²) in [5, 5.41) is 12.7. The largest absolute Gasteiger partial charge is 0.493 e. The van der Waals surface area contributed by atoms with Gasteiger partial charge in [-0.1, -0.05) is 12.1 Å². The van der Waals surface area contributed by atoms with E-state index in [1.807, 2.05) is 0 Å². The number of piperazine rings is 1. The van der Waals surface area contributed by atoms with Crippen molar-refractivity contribution in [1.29, 1.82) is 5.26 Å². The molecule has 190 valence electrons. The Bertz CT molecular complexity index is 1150. The van der Waals surface area contributed by atoms with Gasteiger partial charge in [-0.05, 0) is 38.1 Å². The molecular formula is C27H35N7O2. The lowest BCUT2D eigenvalue weighted by Crippen LogP contribution is -2.51. The van der Waals surface area contributed by atoms with E-state index >= 15 is 0 Å². The fourth-order valence-electron chi connectivity index (χ4n) is 6.02. The summed E-state index contributed by atoms with van der Waals surface area (Å²) in [6.45, 7) is 7.44. The minimum absolute atomic E-state index is 0.148. The zero-order valence-electron chi connectivity index (χ0n) is 21.1. The molecule has 0 amide bonds. The van der Waals surface area contributed by atoms with Crippen LogP contribution in [0.15, 0.2) is 18.2 Å². The topological polar surface area (TPSA) is 89.8 Å². The molecule has 0 bridgehead atoms. The number of benzene rings is 1. The minimum Gasteiger partial charge on any atom is -0.493 e. The average Bonchev–Trinajstić information content (AvgIpc) is 3.62. The van der Waals surface area contributed by atoms with Gasteiger partial charge in [-0.2, -0.15) is 15.2 Å². The van der Waals surface area contributed by atoms with Crippen LogP contribution in [0.1, 0.15) is 41.6 Å². The van der Waals surface area contributed by atoms with Gasteiger partial charge in [0.1, 0.15) is 18.2 Å². The van der Waals surface area contributed by atoms with E-state index in [9.17, 15) is 5.26 Å². The maximum atomic E-state index is 9.24. The first-order chi connectivity index (χ1) is 17.7. The highest BCUT2D eigenvalue weighted by Gasteiger charge is 2.31. The molecule has 9 nitrogen and oxygen atoms in total. The minimum atomic E-state index is 0.148. The molecule has 0 radical (unpaired) electrons. The quantitative estimate of drug-likeness (QED) is 0.628. The van der Waals surface area contributed by atoms with Crippen LogP contribution in [-0.2, 0) is 26.1 Å². The van der Waals surface area contributed by atoms with Crippen molar-refractivity contribution < 1.29 is 9.47 Å². The molecule has 5 heterocycles. The van der Waals surface area contributed by atoms with E-state index in [2.05, 4.69) is 51.3 Å². The number of nitrogens with zero attached hydrogens (tertiary/aromatic N) is 6. The van der Waals surface area contributed by atoms with Crippen molar-refractivity contribution in [1.82, 2.24) is 25.1 Å². The van der Waals surface area contributed by atoms with Gasteiger partial charge in [-0.3, -0.25) is 4.90 Å². The number of aromatic nitrogens is 2. The van der Waals surface area contributed by atoms with Gasteiger partial charge in [0.15, 0.2) is 0 Å². The molecule has 4 aliphatic heterocycles. The zero-order chi connectivity index (χ0) is 24.5. The van der Waals surface area contributed by atoms with Crippen molar-refractivity contribution in [2.24, 2.45) is 0 Å². The standard InChI is InChI=1S/C27H35N7O2/c1-32-11-3-5-21(32)18-36-27-30-24-17-33(14-19-4-2-6-25-22(19)8-13-35-25)16-23(24)26(31-27)34-12-10-29-20(15-34)7-9-28/h2,4,6,20-21,29H,3,5,7-8,10-18H2,1H3/t20-,21-/m0/s1. The van der Waals surface area contributed by atoms with Crippen LogP contribution in [-0.4, -0.2) is 78.3 Å². The zero-order valence-corrected chi connectivity index (χ0v) is 21.1. The maximum Gasteiger partial charge on any atom is 0.318 e. The van der Waals surface area contributed by atoms with E-state index in [0.717, 1.165) is 82.5 Å². The van der Waals surface area contributed by atoms with Crippen LogP contribution >= 0.6 is 0 Å². The fourth-order valence-corrected chi connectivity index (χ4v) is 6.02. The highest BCUT2D eigenvalue weighted by Crippen LogP contribution is 2.35. The first-order valence-corrected chi connectivity index (χ1v) is 13.2. The summed E-state index contributed by atoms with van der Waals surface area (Å²) in [7, 11) is 2.16. The second kappa shape index (κ2) is 10.2. The summed E-state index contributed by atoms with van der Waals surface area (Å²) in [4.78, 5) is 17.0. The van der Waals surface area contributed by atoms with Crippen molar-refractivity contribution in [2.75, 3.05) is 51.3 Å². The second-order valence-corrected chi connectivity index (χ2v) is 10.4. The summed E-state index contributed by atoms with van der Waals surface area (Å²) < 4.78 is 12.0. The van der Waals surface area contributed by atoms with Crippen LogP contribution in [0.3, 0.4) is 0 Å². The molecule has 1 aromatic heterocycles. The Morgan fingerprint density at radius 3 is 3.03 bits per heavy atom. The van der Waals surface area contributed by atoms with E-state index in [4.69, 9.17) is 19.4 Å². The monoisotopic (exact) mass is 489 g/mol. The van der Waals surface area contributed by atoms with Crippen molar-refractivity contribution >= 4 is 5.82 Å². The SMILES string of the molecule is CN1CCC[C@H]1COc1nc2c(c(N3CCN[C@@H](CC#N)C3)n1)CN(Cc1cccc3c1CCO3)C2. The number of rotatable bonds is 7. The molecule has 0 aliphatic carbocycles. The Hall–Kier alpha value is -2.93. The second-order valence-electron chi connectivity index (χ2n) is 10.4. The van der Waals surface area contributed by atoms with Gasteiger partial charge < -0.3 is 24.6 Å². The molecule has 2 atom stereocenters. The van der Waals surface area contributed by atoms with E-state index < -0.39 is 0 Å². The molecule has 36 heavy (non-hydrogen) atoms. The summed E-state index contributed by atoms with van der Waals surface area (Å²) in [5.74, 6) is 2.00. The van der Waals surface area contributed by atoms with Crippen LogP contribution in [0.4, 0.5) is 5.82 Å². The molecule has 2 saturated heterocycles. The van der Waals surface area contributed by atoms with Gasteiger partial charge in [0.25, 0.3) is 0 Å². The van der Waals surface area contributed by atoms with Crippen molar-refractivity contribution in [3.05, 3.63) is 40.6 Å². The Morgan fingerprint density at radius 1 is 1.22 bits per heavy atom. The third-order valence-electron chi connectivity index (χ3n) is 8.01.